The van der Waals surface area contributed by atoms with E-state index in [1.165, 1.54) is 0 Å². The van der Waals surface area contributed by atoms with Gasteiger partial charge in [-0.3, -0.25) is 0 Å². The summed E-state index contributed by atoms with van der Waals surface area (Å²) >= 11 is 0. The topological polar surface area (TPSA) is 33.6 Å². The monoisotopic (exact) mass is 178 g/mol. The molecule has 0 unspecified atom stereocenters. The van der Waals surface area contributed by atoms with Crippen LogP contribution in [0.1, 0.15) is 5.56 Å². The van der Waals surface area contributed by atoms with E-state index in [0.717, 1.165) is 11.3 Å². The Labute approximate surface area is 78.4 Å². The summed E-state index contributed by atoms with van der Waals surface area (Å²) in [6, 6.07) is 9.96. The lowest BCUT2D eigenvalue weighted by molar-refractivity contribution is 0.213. The molecular formula is C10H14N2O. The number of nitrogens with zero attached hydrogens (tertiary/aromatic N) is 1. The van der Waals surface area contributed by atoms with Crippen LogP contribution in [0, 0.1) is 0 Å². The van der Waals surface area contributed by atoms with Crippen molar-refractivity contribution >= 4 is 5.71 Å². The number of oxime groups is 1. The van der Waals surface area contributed by atoms with Gasteiger partial charge in [0.1, 0.15) is 12.8 Å². The maximum Gasteiger partial charge on any atom is 0.106 e. The van der Waals surface area contributed by atoms with Crippen LogP contribution in [0.25, 0.3) is 0 Å². The number of hydrogen-bond donors (Lipinski definition) is 1. The van der Waals surface area contributed by atoms with Crippen LogP contribution in [0.4, 0.5) is 0 Å². The fraction of sp³-hybridized carbons (Fsp3) is 0.300. The summed E-state index contributed by atoms with van der Waals surface area (Å²) in [6.45, 7) is 0.706. The van der Waals surface area contributed by atoms with Gasteiger partial charge in [0, 0.05) is 12.1 Å². The highest BCUT2D eigenvalue weighted by molar-refractivity contribution is 6.01. The molecule has 0 aliphatic rings. The summed E-state index contributed by atoms with van der Waals surface area (Å²) in [6.07, 6.45) is 0. The van der Waals surface area contributed by atoms with Crippen LogP contribution in [-0.2, 0) is 4.84 Å². The lowest BCUT2D eigenvalue weighted by Gasteiger charge is -2.03. The summed E-state index contributed by atoms with van der Waals surface area (Å²) in [4.78, 5) is 4.76. The van der Waals surface area contributed by atoms with Crippen molar-refractivity contribution in [2.75, 3.05) is 20.7 Å². The molecule has 0 heterocycles. The summed E-state index contributed by atoms with van der Waals surface area (Å²) < 4.78 is 0. The van der Waals surface area contributed by atoms with E-state index in [1.54, 1.807) is 7.11 Å². The Morgan fingerprint density at radius 2 is 2.08 bits per heavy atom. The smallest absolute Gasteiger partial charge is 0.106 e. The van der Waals surface area contributed by atoms with Gasteiger partial charge in [-0.05, 0) is 7.05 Å². The Morgan fingerprint density at radius 3 is 2.62 bits per heavy atom. The highest BCUT2D eigenvalue weighted by Gasteiger charge is 2.01. The first kappa shape index (κ1) is 9.74. The Hall–Kier alpha value is -1.35. The van der Waals surface area contributed by atoms with Crippen LogP contribution in [0.15, 0.2) is 35.5 Å². The first-order chi connectivity index (χ1) is 6.38. The third-order valence-corrected chi connectivity index (χ3v) is 1.65. The standard InChI is InChI=1S/C10H14N2O/c1-11-8-10(12-13-2)9-6-4-3-5-7-9/h3-7,11H,8H2,1-2H3. The van der Waals surface area contributed by atoms with E-state index in [2.05, 4.69) is 10.5 Å². The zero-order valence-electron chi connectivity index (χ0n) is 7.95. The molecule has 0 atom stereocenters. The fourth-order valence-electron chi connectivity index (χ4n) is 1.10. The zero-order valence-corrected chi connectivity index (χ0v) is 7.95. The van der Waals surface area contributed by atoms with Crippen molar-refractivity contribution in [2.45, 2.75) is 0 Å². The predicted molar refractivity (Wildman–Crippen MR) is 53.9 cm³/mol. The molecule has 0 fully saturated rings. The highest BCUT2D eigenvalue weighted by atomic mass is 16.6. The van der Waals surface area contributed by atoms with Gasteiger partial charge in [0.2, 0.25) is 0 Å². The molecule has 0 radical (unpaired) electrons. The molecule has 3 nitrogen and oxygen atoms in total. The minimum Gasteiger partial charge on any atom is -0.399 e. The first-order valence-electron chi connectivity index (χ1n) is 4.18. The minimum absolute atomic E-state index is 0.706. The van der Waals surface area contributed by atoms with E-state index in [0.29, 0.717) is 6.54 Å². The maximum absolute atomic E-state index is 4.76. The molecule has 0 bridgehead atoms. The number of rotatable bonds is 4. The van der Waals surface area contributed by atoms with E-state index in [1.807, 2.05) is 37.4 Å². The van der Waals surface area contributed by atoms with Gasteiger partial charge in [-0.1, -0.05) is 35.5 Å². The van der Waals surface area contributed by atoms with E-state index < -0.39 is 0 Å². The predicted octanol–water partition coefficient (Wildman–Crippen LogP) is 1.26. The van der Waals surface area contributed by atoms with Crippen LogP contribution < -0.4 is 5.32 Å². The van der Waals surface area contributed by atoms with Gasteiger partial charge in [0.05, 0.1) is 0 Å². The number of benzene rings is 1. The molecule has 0 spiro atoms. The first-order valence-corrected chi connectivity index (χ1v) is 4.18. The fourth-order valence-corrected chi connectivity index (χ4v) is 1.10. The Morgan fingerprint density at radius 1 is 1.38 bits per heavy atom. The van der Waals surface area contributed by atoms with Gasteiger partial charge in [0.15, 0.2) is 0 Å². The molecule has 0 aliphatic carbocycles. The van der Waals surface area contributed by atoms with Crippen LogP contribution >= 0.6 is 0 Å². The summed E-state index contributed by atoms with van der Waals surface area (Å²) in [5, 5.41) is 6.98. The molecule has 1 N–H and O–H groups in total. The number of likely N-dealkylation sites (N-methyl/N-ethyl adjacent to an activating group) is 1. The van der Waals surface area contributed by atoms with Gasteiger partial charge in [-0.15, -0.1) is 0 Å². The van der Waals surface area contributed by atoms with Gasteiger partial charge in [0.25, 0.3) is 0 Å². The molecule has 3 heteroatoms. The Balaban J connectivity index is 2.83. The summed E-state index contributed by atoms with van der Waals surface area (Å²) in [7, 11) is 3.44. The van der Waals surface area contributed by atoms with Crippen molar-refractivity contribution in [1.29, 1.82) is 0 Å². The van der Waals surface area contributed by atoms with Crippen molar-refractivity contribution in [2.24, 2.45) is 5.16 Å². The van der Waals surface area contributed by atoms with Crippen molar-refractivity contribution in [3.05, 3.63) is 35.9 Å². The average Bonchev–Trinajstić information content (AvgIpc) is 2.19. The zero-order chi connectivity index (χ0) is 9.52. The van der Waals surface area contributed by atoms with Gasteiger partial charge in [-0.2, -0.15) is 0 Å². The second kappa shape index (κ2) is 5.32. The lowest BCUT2D eigenvalue weighted by Crippen LogP contribution is -2.19. The molecule has 0 aliphatic heterocycles. The third-order valence-electron chi connectivity index (χ3n) is 1.65. The second-order valence-electron chi connectivity index (χ2n) is 2.62. The van der Waals surface area contributed by atoms with Crippen molar-refractivity contribution in [3.63, 3.8) is 0 Å². The van der Waals surface area contributed by atoms with Crippen LogP contribution in [0.5, 0.6) is 0 Å². The lowest BCUT2D eigenvalue weighted by atomic mass is 10.1. The molecule has 0 amide bonds. The van der Waals surface area contributed by atoms with Gasteiger partial charge in [-0.25, -0.2) is 0 Å². The molecule has 1 aromatic carbocycles. The molecule has 0 saturated carbocycles. The van der Waals surface area contributed by atoms with Crippen molar-refractivity contribution in [1.82, 2.24) is 5.32 Å². The number of hydrogen-bond acceptors (Lipinski definition) is 3. The third kappa shape index (κ3) is 2.87. The maximum atomic E-state index is 4.76. The SMILES string of the molecule is CNCC(=NOC)c1ccccc1. The molecule has 1 aromatic rings. The van der Waals surface area contributed by atoms with E-state index >= 15 is 0 Å². The Bertz CT molecular complexity index is 270. The van der Waals surface area contributed by atoms with E-state index in [-0.39, 0.29) is 0 Å². The highest BCUT2D eigenvalue weighted by Crippen LogP contribution is 2.00. The average molecular weight is 178 g/mol. The van der Waals surface area contributed by atoms with E-state index in [9.17, 15) is 0 Å². The molecular weight excluding hydrogens is 164 g/mol. The van der Waals surface area contributed by atoms with E-state index in [4.69, 9.17) is 4.84 Å². The second-order valence-corrected chi connectivity index (χ2v) is 2.62. The largest absolute Gasteiger partial charge is 0.399 e. The van der Waals surface area contributed by atoms with Crippen LogP contribution in [0.2, 0.25) is 0 Å². The van der Waals surface area contributed by atoms with Crippen molar-refractivity contribution < 1.29 is 4.84 Å². The Kier molecular flexibility index (Phi) is 3.99. The molecule has 13 heavy (non-hydrogen) atoms. The molecule has 70 valence electrons. The summed E-state index contributed by atoms with van der Waals surface area (Å²) in [5.41, 5.74) is 1.99. The van der Waals surface area contributed by atoms with Crippen LogP contribution in [0.3, 0.4) is 0 Å². The van der Waals surface area contributed by atoms with Gasteiger partial charge < -0.3 is 10.2 Å². The molecule has 0 aromatic heterocycles. The molecule has 1 rings (SSSR count). The quantitative estimate of drug-likeness (QED) is 0.556. The normalized spacial score (nSPS) is 11.4. The van der Waals surface area contributed by atoms with Crippen LogP contribution in [-0.4, -0.2) is 26.4 Å². The van der Waals surface area contributed by atoms with Crippen molar-refractivity contribution in [3.8, 4) is 0 Å². The molecule has 0 saturated heterocycles. The minimum atomic E-state index is 0.706. The van der Waals surface area contributed by atoms with Gasteiger partial charge >= 0.3 is 0 Å². The number of nitrogens with one attached hydrogen (secondary N) is 1. The summed E-state index contributed by atoms with van der Waals surface area (Å²) in [5.74, 6) is 0.